The molecule has 3 aliphatic rings. The first-order valence-electron chi connectivity index (χ1n) is 8.24. The normalized spacial score (nSPS) is 37.4. The first-order valence-corrected chi connectivity index (χ1v) is 8.24. The highest BCUT2D eigenvalue weighted by atomic mass is 35.5. The Bertz CT molecular complexity index is 412. The Balaban J connectivity index is 0.00000176. The highest BCUT2D eigenvalue weighted by molar-refractivity contribution is 5.89. The minimum absolute atomic E-state index is 0. The van der Waals surface area contributed by atoms with E-state index < -0.39 is 5.54 Å². The Morgan fingerprint density at radius 2 is 1.91 bits per heavy atom. The molecule has 0 aromatic rings. The van der Waals surface area contributed by atoms with E-state index in [-0.39, 0.29) is 35.8 Å². The molecule has 3 rings (SSSR count). The topological polar surface area (TPSA) is 73.6 Å². The van der Waals surface area contributed by atoms with Crippen LogP contribution in [0.25, 0.3) is 0 Å². The molecule has 0 aromatic heterocycles. The van der Waals surface area contributed by atoms with E-state index in [1.807, 2.05) is 0 Å². The highest BCUT2D eigenvalue weighted by Crippen LogP contribution is 2.57. The summed E-state index contributed by atoms with van der Waals surface area (Å²) in [7, 11) is 0. The molecule has 3 atom stereocenters. The molecule has 2 aliphatic heterocycles. The van der Waals surface area contributed by atoms with E-state index in [1.54, 1.807) is 0 Å². The summed E-state index contributed by atoms with van der Waals surface area (Å²) in [4.78, 5) is 12.7. The van der Waals surface area contributed by atoms with Gasteiger partial charge in [0.25, 0.3) is 0 Å². The zero-order chi connectivity index (χ0) is 15.1. The fourth-order valence-corrected chi connectivity index (χ4v) is 4.37. The average molecular weight is 333 g/mol. The van der Waals surface area contributed by atoms with Gasteiger partial charge in [-0.05, 0) is 31.6 Å². The van der Waals surface area contributed by atoms with E-state index in [0.29, 0.717) is 5.92 Å². The van der Waals surface area contributed by atoms with E-state index >= 15 is 0 Å². The average Bonchev–Trinajstić information content (AvgIpc) is 2.52. The van der Waals surface area contributed by atoms with Crippen molar-refractivity contribution in [3.05, 3.63) is 0 Å². The molecule has 0 radical (unpaired) electrons. The van der Waals surface area contributed by atoms with Gasteiger partial charge in [-0.1, -0.05) is 13.8 Å². The second-order valence-electron chi connectivity index (χ2n) is 7.40. The van der Waals surface area contributed by atoms with Crippen LogP contribution in [-0.2, 0) is 14.3 Å². The van der Waals surface area contributed by atoms with Gasteiger partial charge >= 0.3 is 0 Å². The number of fused-ring (bicyclic) bond motifs is 1. The van der Waals surface area contributed by atoms with Crippen molar-refractivity contribution in [2.24, 2.45) is 23.0 Å². The summed E-state index contributed by atoms with van der Waals surface area (Å²) in [5, 5.41) is 3.11. The summed E-state index contributed by atoms with van der Waals surface area (Å²) in [6, 6.07) is 0. The number of nitrogens with two attached hydrogens (primary N) is 1. The van der Waals surface area contributed by atoms with Gasteiger partial charge in [0, 0.05) is 37.7 Å². The summed E-state index contributed by atoms with van der Waals surface area (Å²) in [6.45, 7) is 7.25. The van der Waals surface area contributed by atoms with Gasteiger partial charge in [0.05, 0.1) is 6.10 Å². The maximum atomic E-state index is 12.7. The molecule has 0 aromatic carbocycles. The lowest BCUT2D eigenvalue weighted by atomic mass is 9.46. The Labute approximate surface area is 139 Å². The number of carbonyl (C=O) groups is 1. The lowest BCUT2D eigenvalue weighted by molar-refractivity contribution is -0.225. The van der Waals surface area contributed by atoms with Gasteiger partial charge in [0.1, 0.15) is 5.54 Å². The number of hydrogen-bond acceptors (Lipinski definition) is 4. The molecule has 128 valence electrons. The second kappa shape index (κ2) is 6.63. The van der Waals surface area contributed by atoms with Crippen molar-refractivity contribution in [3.8, 4) is 0 Å². The van der Waals surface area contributed by atoms with Crippen LogP contribution in [0.2, 0.25) is 0 Å². The molecule has 3 fully saturated rings. The van der Waals surface area contributed by atoms with Crippen LogP contribution in [0.5, 0.6) is 0 Å². The van der Waals surface area contributed by atoms with Crippen LogP contribution in [0.1, 0.15) is 39.5 Å². The van der Waals surface area contributed by atoms with Crippen molar-refractivity contribution in [1.82, 2.24) is 5.32 Å². The molecule has 2 heterocycles. The predicted octanol–water partition coefficient (Wildman–Crippen LogP) is 1.48. The summed E-state index contributed by atoms with van der Waals surface area (Å²) >= 11 is 0. The molecule has 22 heavy (non-hydrogen) atoms. The zero-order valence-electron chi connectivity index (χ0n) is 13.6. The van der Waals surface area contributed by atoms with Gasteiger partial charge in [-0.3, -0.25) is 4.79 Å². The quantitative estimate of drug-likeness (QED) is 0.821. The van der Waals surface area contributed by atoms with E-state index in [4.69, 9.17) is 15.2 Å². The number of hydrogen-bond donors (Lipinski definition) is 2. The molecule has 3 unspecified atom stereocenters. The number of nitrogens with one attached hydrogen (secondary N) is 1. The second-order valence-corrected chi connectivity index (χ2v) is 7.40. The molecular weight excluding hydrogens is 304 g/mol. The fourth-order valence-electron chi connectivity index (χ4n) is 4.37. The number of rotatable bonds is 3. The molecule has 1 aliphatic carbocycles. The highest BCUT2D eigenvalue weighted by Gasteiger charge is 2.70. The van der Waals surface area contributed by atoms with E-state index in [0.717, 1.165) is 52.0 Å². The fraction of sp³-hybridized carbons (Fsp3) is 0.938. The summed E-state index contributed by atoms with van der Waals surface area (Å²) in [6.07, 6.45) is 4.18. The van der Waals surface area contributed by atoms with Crippen molar-refractivity contribution >= 4 is 18.3 Å². The van der Waals surface area contributed by atoms with Crippen molar-refractivity contribution < 1.29 is 14.3 Å². The van der Waals surface area contributed by atoms with Crippen LogP contribution in [0, 0.1) is 17.3 Å². The maximum absolute atomic E-state index is 12.7. The summed E-state index contributed by atoms with van der Waals surface area (Å²) < 4.78 is 11.2. The standard InChI is InChI=1S/C16H28N2O3.ClH/c1-15(2)13-12(4-3-7-21-13)16(15,17)14(19)18-10-11-5-8-20-9-6-11;/h11-13H,3-10,17H2,1-2H3,(H,18,19);1H. The Hall–Kier alpha value is -0.360. The van der Waals surface area contributed by atoms with Crippen LogP contribution in [0.4, 0.5) is 0 Å². The van der Waals surface area contributed by atoms with Crippen LogP contribution < -0.4 is 11.1 Å². The Kier molecular flexibility index (Phi) is 5.42. The van der Waals surface area contributed by atoms with Crippen molar-refractivity contribution in [2.75, 3.05) is 26.4 Å². The smallest absolute Gasteiger partial charge is 0.241 e. The van der Waals surface area contributed by atoms with Gasteiger partial charge in [-0.15, -0.1) is 12.4 Å². The molecule has 6 heteroatoms. The molecule has 2 saturated heterocycles. The molecular formula is C16H29ClN2O3. The minimum atomic E-state index is -0.788. The SMILES string of the molecule is CC1(C)C2OCCCC2C1(N)C(=O)NCC1CCOCC1.Cl. The van der Waals surface area contributed by atoms with Crippen LogP contribution >= 0.6 is 12.4 Å². The molecule has 3 N–H and O–H groups in total. The van der Waals surface area contributed by atoms with Gasteiger partial charge in [-0.2, -0.15) is 0 Å². The third-order valence-corrected chi connectivity index (χ3v) is 5.95. The van der Waals surface area contributed by atoms with Gasteiger partial charge < -0.3 is 20.5 Å². The van der Waals surface area contributed by atoms with Gasteiger partial charge in [-0.25, -0.2) is 0 Å². The molecule has 0 bridgehead atoms. The van der Waals surface area contributed by atoms with E-state index in [1.165, 1.54) is 0 Å². The van der Waals surface area contributed by atoms with E-state index in [9.17, 15) is 4.79 Å². The first-order chi connectivity index (χ1) is 9.98. The largest absolute Gasteiger partial charge is 0.381 e. The summed E-state index contributed by atoms with van der Waals surface area (Å²) in [5.41, 5.74) is 5.50. The molecule has 5 nitrogen and oxygen atoms in total. The van der Waals surface area contributed by atoms with Crippen LogP contribution in [0.3, 0.4) is 0 Å². The lowest BCUT2D eigenvalue weighted by Gasteiger charge is -2.65. The van der Waals surface area contributed by atoms with Gasteiger partial charge in [0.15, 0.2) is 0 Å². The van der Waals surface area contributed by atoms with Crippen LogP contribution in [-0.4, -0.2) is 43.9 Å². The van der Waals surface area contributed by atoms with Crippen molar-refractivity contribution in [1.29, 1.82) is 0 Å². The van der Waals surface area contributed by atoms with Crippen molar-refractivity contribution in [3.63, 3.8) is 0 Å². The van der Waals surface area contributed by atoms with Crippen molar-refractivity contribution in [2.45, 2.75) is 51.2 Å². The third kappa shape index (κ3) is 2.66. The predicted molar refractivity (Wildman–Crippen MR) is 87.0 cm³/mol. The third-order valence-electron chi connectivity index (χ3n) is 5.95. The lowest BCUT2D eigenvalue weighted by Crippen LogP contribution is -2.82. The maximum Gasteiger partial charge on any atom is 0.241 e. The molecule has 1 amide bonds. The summed E-state index contributed by atoms with van der Waals surface area (Å²) in [5.74, 6) is 0.689. The Morgan fingerprint density at radius 1 is 1.23 bits per heavy atom. The first kappa shape index (κ1) is 18.0. The van der Waals surface area contributed by atoms with Gasteiger partial charge in [0.2, 0.25) is 5.91 Å². The van der Waals surface area contributed by atoms with E-state index in [2.05, 4.69) is 19.2 Å². The van der Waals surface area contributed by atoms with Crippen LogP contribution in [0.15, 0.2) is 0 Å². The number of ether oxygens (including phenoxy) is 2. The minimum Gasteiger partial charge on any atom is -0.381 e. The monoisotopic (exact) mass is 332 g/mol. The molecule has 1 saturated carbocycles. The number of halogens is 1. The zero-order valence-corrected chi connectivity index (χ0v) is 14.4. The number of carbonyl (C=O) groups excluding carboxylic acids is 1. The molecule has 0 spiro atoms. The Morgan fingerprint density at radius 3 is 2.59 bits per heavy atom. The number of amides is 1.